The van der Waals surface area contributed by atoms with Crippen LogP contribution in [0.25, 0.3) is 0 Å². The molecule has 0 saturated heterocycles. The van der Waals surface area contributed by atoms with Crippen molar-refractivity contribution < 1.29 is 4.74 Å². The van der Waals surface area contributed by atoms with Crippen LogP contribution in [0.15, 0.2) is 0 Å². The Bertz CT molecular complexity index is 331. The number of hydrogen-bond donors (Lipinski definition) is 1. The van der Waals surface area contributed by atoms with Gasteiger partial charge in [0.2, 0.25) is 0 Å². The van der Waals surface area contributed by atoms with Gasteiger partial charge in [-0.2, -0.15) is 0 Å². The maximum Gasteiger partial charge on any atom is 0.273 e. The van der Waals surface area contributed by atoms with Crippen LogP contribution in [0.3, 0.4) is 0 Å². The van der Waals surface area contributed by atoms with Gasteiger partial charge in [-0.25, -0.2) is 4.98 Å². The number of aromatic nitrogens is 1. The first kappa shape index (κ1) is 11.9. The summed E-state index contributed by atoms with van der Waals surface area (Å²) in [5.41, 5.74) is 1.09. The van der Waals surface area contributed by atoms with Crippen LogP contribution in [0.2, 0.25) is 0 Å². The van der Waals surface area contributed by atoms with E-state index < -0.39 is 0 Å². The second-order valence-corrected chi connectivity index (χ2v) is 5.62. The van der Waals surface area contributed by atoms with Crippen molar-refractivity contribution in [1.82, 2.24) is 10.3 Å². The van der Waals surface area contributed by atoms with E-state index in [2.05, 4.69) is 17.2 Å². The van der Waals surface area contributed by atoms with Crippen molar-refractivity contribution in [3.63, 3.8) is 0 Å². The lowest BCUT2D eigenvalue weighted by atomic mass is 9.93. The molecule has 2 unspecified atom stereocenters. The number of likely N-dealkylation sites (N-methyl/N-ethyl adjacent to an activating group) is 1. The zero-order valence-corrected chi connectivity index (χ0v) is 11.1. The number of hydrogen-bond acceptors (Lipinski definition) is 4. The molecule has 1 aliphatic rings. The van der Waals surface area contributed by atoms with E-state index in [4.69, 9.17) is 4.74 Å². The summed E-state index contributed by atoms with van der Waals surface area (Å²) >= 11 is 1.66. The monoisotopic (exact) mass is 240 g/mol. The second kappa shape index (κ2) is 5.15. The first-order valence-electron chi connectivity index (χ1n) is 5.98. The van der Waals surface area contributed by atoms with Gasteiger partial charge in [0.1, 0.15) is 6.10 Å². The average Bonchev–Trinajstić information content (AvgIpc) is 2.59. The van der Waals surface area contributed by atoms with Crippen molar-refractivity contribution in [3.05, 3.63) is 10.6 Å². The summed E-state index contributed by atoms with van der Waals surface area (Å²) in [5, 5.41) is 4.18. The Hall–Kier alpha value is -0.610. The maximum atomic E-state index is 6.01. The van der Waals surface area contributed by atoms with Gasteiger partial charge in [-0.05, 0) is 40.2 Å². The van der Waals surface area contributed by atoms with Gasteiger partial charge in [0.25, 0.3) is 5.19 Å². The molecule has 0 amide bonds. The van der Waals surface area contributed by atoms with Crippen LogP contribution in [0, 0.1) is 13.8 Å². The highest BCUT2D eigenvalue weighted by molar-refractivity contribution is 7.13. The molecule has 90 valence electrons. The van der Waals surface area contributed by atoms with E-state index in [1.807, 2.05) is 14.0 Å². The molecule has 1 heterocycles. The minimum atomic E-state index is 0.295. The molecular formula is C12H20N2OS. The summed E-state index contributed by atoms with van der Waals surface area (Å²) in [6, 6.07) is 0.485. The Labute approximate surface area is 101 Å². The van der Waals surface area contributed by atoms with E-state index in [-0.39, 0.29) is 0 Å². The van der Waals surface area contributed by atoms with E-state index in [0.29, 0.717) is 12.1 Å². The van der Waals surface area contributed by atoms with Gasteiger partial charge in [0.15, 0.2) is 0 Å². The largest absolute Gasteiger partial charge is 0.465 e. The molecule has 1 aromatic heterocycles. The number of thiazole rings is 1. The highest BCUT2D eigenvalue weighted by Crippen LogP contribution is 2.28. The Balaban J connectivity index is 2.02. The van der Waals surface area contributed by atoms with Crippen LogP contribution in [0.4, 0.5) is 0 Å². The Morgan fingerprint density at radius 1 is 1.31 bits per heavy atom. The summed E-state index contributed by atoms with van der Waals surface area (Å²) < 4.78 is 6.01. The SMILES string of the molecule is CNC1CCCCC1Oc1nc(C)c(C)s1. The predicted molar refractivity (Wildman–Crippen MR) is 67.3 cm³/mol. The fourth-order valence-electron chi connectivity index (χ4n) is 2.19. The molecule has 2 atom stereocenters. The van der Waals surface area contributed by atoms with Crippen LogP contribution in [-0.2, 0) is 0 Å². The first-order valence-corrected chi connectivity index (χ1v) is 6.80. The lowest BCUT2D eigenvalue weighted by Gasteiger charge is -2.30. The van der Waals surface area contributed by atoms with Crippen LogP contribution in [0.1, 0.15) is 36.3 Å². The van der Waals surface area contributed by atoms with E-state index >= 15 is 0 Å². The molecule has 1 saturated carbocycles. The number of ether oxygens (including phenoxy) is 1. The average molecular weight is 240 g/mol. The fourth-order valence-corrected chi connectivity index (χ4v) is 3.00. The van der Waals surface area contributed by atoms with Gasteiger partial charge < -0.3 is 10.1 Å². The van der Waals surface area contributed by atoms with Gasteiger partial charge in [0.05, 0.1) is 5.69 Å². The molecule has 4 heteroatoms. The molecule has 0 radical (unpaired) electrons. The van der Waals surface area contributed by atoms with Crippen molar-refractivity contribution in [2.75, 3.05) is 7.05 Å². The van der Waals surface area contributed by atoms with Crippen molar-refractivity contribution in [1.29, 1.82) is 0 Å². The molecular weight excluding hydrogens is 220 g/mol. The molecule has 0 bridgehead atoms. The highest BCUT2D eigenvalue weighted by Gasteiger charge is 2.26. The molecule has 0 aromatic carbocycles. The third kappa shape index (κ3) is 2.55. The lowest BCUT2D eigenvalue weighted by molar-refractivity contribution is 0.117. The Kier molecular flexibility index (Phi) is 3.82. The molecule has 1 fully saturated rings. The third-order valence-electron chi connectivity index (χ3n) is 3.33. The van der Waals surface area contributed by atoms with Crippen molar-refractivity contribution in [2.24, 2.45) is 0 Å². The number of nitrogens with zero attached hydrogens (tertiary/aromatic N) is 1. The topological polar surface area (TPSA) is 34.1 Å². The summed E-state index contributed by atoms with van der Waals surface area (Å²) in [7, 11) is 2.02. The zero-order valence-electron chi connectivity index (χ0n) is 10.2. The fraction of sp³-hybridized carbons (Fsp3) is 0.750. The Morgan fingerprint density at radius 3 is 2.69 bits per heavy atom. The van der Waals surface area contributed by atoms with Crippen molar-refractivity contribution in [2.45, 2.75) is 51.7 Å². The van der Waals surface area contributed by atoms with E-state index in [0.717, 1.165) is 17.3 Å². The van der Waals surface area contributed by atoms with Crippen LogP contribution in [0.5, 0.6) is 5.19 Å². The molecule has 0 spiro atoms. The maximum absolute atomic E-state index is 6.01. The smallest absolute Gasteiger partial charge is 0.273 e. The Morgan fingerprint density at radius 2 is 2.06 bits per heavy atom. The molecule has 3 nitrogen and oxygen atoms in total. The minimum absolute atomic E-state index is 0.295. The highest BCUT2D eigenvalue weighted by atomic mass is 32.1. The lowest BCUT2D eigenvalue weighted by Crippen LogP contribution is -2.43. The minimum Gasteiger partial charge on any atom is -0.465 e. The quantitative estimate of drug-likeness (QED) is 0.882. The molecule has 0 aliphatic heterocycles. The van der Waals surface area contributed by atoms with E-state index in [1.165, 1.54) is 24.1 Å². The summed E-state index contributed by atoms with van der Waals surface area (Å²) in [6.07, 6.45) is 5.23. The van der Waals surface area contributed by atoms with Crippen LogP contribution < -0.4 is 10.1 Å². The van der Waals surface area contributed by atoms with Gasteiger partial charge in [-0.1, -0.05) is 17.8 Å². The summed E-state index contributed by atoms with van der Waals surface area (Å²) in [4.78, 5) is 5.70. The van der Waals surface area contributed by atoms with Gasteiger partial charge >= 0.3 is 0 Å². The molecule has 16 heavy (non-hydrogen) atoms. The number of nitrogens with one attached hydrogen (secondary N) is 1. The normalized spacial score (nSPS) is 25.7. The van der Waals surface area contributed by atoms with Crippen LogP contribution in [-0.4, -0.2) is 24.2 Å². The molecule has 1 N–H and O–H groups in total. The van der Waals surface area contributed by atoms with Gasteiger partial charge in [0, 0.05) is 10.9 Å². The van der Waals surface area contributed by atoms with Crippen molar-refractivity contribution in [3.8, 4) is 5.19 Å². The standard InChI is InChI=1S/C12H20N2OS/c1-8-9(2)16-12(14-8)15-11-7-5-4-6-10(11)13-3/h10-11,13H,4-7H2,1-3H3. The van der Waals surface area contributed by atoms with E-state index in [9.17, 15) is 0 Å². The molecule has 1 aliphatic carbocycles. The molecule has 2 rings (SSSR count). The van der Waals surface area contributed by atoms with Gasteiger partial charge in [-0.3, -0.25) is 0 Å². The third-order valence-corrected chi connectivity index (χ3v) is 4.30. The molecule has 1 aromatic rings. The first-order chi connectivity index (χ1) is 7.70. The summed E-state index contributed by atoms with van der Waals surface area (Å²) in [5.74, 6) is 0. The van der Waals surface area contributed by atoms with Crippen molar-refractivity contribution >= 4 is 11.3 Å². The number of aryl methyl sites for hydroxylation is 2. The van der Waals surface area contributed by atoms with E-state index in [1.54, 1.807) is 11.3 Å². The zero-order chi connectivity index (χ0) is 11.5. The number of rotatable bonds is 3. The van der Waals surface area contributed by atoms with Crippen LogP contribution >= 0.6 is 11.3 Å². The predicted octanol–water partition coefficient (Wildman–Crippen LogP) is 2.67. The van der Waals surface area contributed by atoms with Gasteiger partial charge in [-0.15, -0.1) is 0 Å². The summed E-state index contributed by atoms with van der Waals surface area (Å²) in [6.45, 7) is 4.13. The second-order valence-electron chi connectivity index (χ2n) is 4.46.